The lowest BCUT2D eigenvalue weighted by atomic mass is 9.90. The molecule has 4 rings (SSSR count). The van der Waals surface area contributed by atoms with Gasteiger partial charge in [0.2, 0.25) is 0 Å². The minimum Gasteiger partial charge on any atom is -0.330 e. The Hall–Kier alpha value is -1.79. The third kappa shape index (κ3) is 5.67. The second-order valence-corrected chi connectivity index (χ2v) is 8.82. The van der Waals surface area contributed by atoms with E-state index in [2.05, 4.69) is 57.6 Å². The Bertz CT molecular complexity index is 765. The van der Waals surface area contributed by atoms with Crippen LogP contribution in [0.5, 0.6) is 0 Å². The number of unbranched alkanes of at least 4 members (excludes halogenated alkanes) is 1. The number of pyridine rings is 1. The standard InChI is InChI=1S/C25H37N5/c26-13-4-5-16-30(24-12-6-10-22-11-7-14-28-25(22)24)20-23-19-29(17-15-27-23)18-21-8-2-1-3-9-21/h1-3,7-9,11,14,23-24,27H,4-6,10,12-13,15-20,26H2/t23-,24?/m0/s1. The maximum atomic E-state index is 5.80. The van der Waals surface area contributed by atoms with Gasteiger partial charge < -0.3 is 11.1 Å². The van der Waals surface area contributed by atoms with E-state index in [9.17, 15) is 0 Å². The monoisotopic (exact) mass is 407 g/mol. The third-order valence-electron chi connectivity index (χ3n) is 6.55. The molecule has 3 N–H and O–H groups in total. The molecule has 1 aliphatic carbocycles. The van der Waals surface area contributed by atoms with E-state index in [1.54, 1.807) is 0 Å². The Morgan fingerprint density at radius 2 is 2.03 bits per heavy atom. The highest BCUT2D eigenvalue weighted by molar-refractivity contribution is 5.25. The fourth-order valence-corrected chi connectivity index (χ4v) is 5.06. The molecule has 2 atom stereocenters. The van der Waals surface area contributed by atoms with Gasteiger partial charge in [-0.25, -0.2) is 0 Å². The van der Waals surface area contributed by atoms with Crippen molar-refractivity contribution >= 4 is 0 Å². The number of fused-ring (bicyclic) bond motifs is 1. The first kappa shape index (κ1) is 21.4. The third-order valence-corrected chi connectivity index (χ3v) is 6.55. The van der Waals surface area contributed by atoms with Gasteiger partial charge in [0.15, 0.2) is 0 Å². The van der Waals surface area contributed by atoms with Crippen LogP contribution in [0.3, 0.4) is 0 Å². The minimum absolute atomic E-state index is 0.444. The Kier molecular flexibility index (Phi) is 7.87. The molecule has 0 amide bonds. The number of piperazine rings is 1. The molecule has 1 aliphatic heterocycles. The molecule has 1 aromatic carbocycles. The van der Waals surface area contributed by atoms with Gasteiger partial charge in [0.05, 0.1) is 11.7 Å². The maximum absolute atomic E-state index is 5.80. The molecule has 2 aromatic rings. The van der Waals surface area contributed by atoms with E-state index >= 15 is 0 Å². The fraction of sp³-hybridized carbons (Fsp3) is 0.560. The Labute approximate surface area is 181 Å². The molecule has 1 saturated heterocycles. The van der Waals surface area contributed by atoms with Gasteiger partial charge in [-0.1, -0.05) is 36.4 Å². The Balaban J connectivity index is 1.43. The largest absolute Gasteiger partial charge is 0.330 e. The Morgan fingerprint density at radius 3 is 2.90 bits per heavy atom. The summed E-state index contributed by atoms with van der Waals surface area (Å²) < 4.78 is 0. The quantitative estimate of drug-likeness (QED) is 0.626. The van der Waals surface area contributed by atoms with Crippen molar-refractivity contribution in [3.8, 4) is 0 Å². The molecule has 30 heavy (non-hydrogen) atoms. The molecule has 1 unspecified atom stereocenters. The van der Waals surface area contributed by atoms with Crippen LogP contribution >= 0.6 is 0 Å². The highest BCUT2D eigenvalue weighted by Gasteiger charge is 2.30. The van der Waals surface area contributed by atoms with Crippen LogP contribution in [0, 0.1) is 0 Å². The van der Waals surface area contributed by atoms with Crippen LogP contribution in [0.15, 0.2) is 48.7 Å². The molecular formula is C25H37N5. The van der Waals surface area contributed by atoms with E-state index in [1.165, 1.54) is 36.1 Å². The van der Waals surface area contributed by atoms with Crippen LogP contribution in [0.4, 0.5) is 0 Å². The van der Waals surface area contributed by atoms with Gasteiger partial charge in [0.1, 0.15) is 0 Å². The molecule has 5 nitrogen and oxygen atoms in total. The summed E-state index contributed by atoms with van der Waals surface area (Å²) in [5.41, 5.74) is 9.96. The van der Waals surface area contributed by atoms with E-state index in [-0.39, 0.29) is 0 Å². The lowest BCUT2D eigenvalue weighted by Crippen LogP contribution is -2.55. The summed E-state index contributed by atoms with van der Waals surface area (Å²) in [5, 5.41) is 3.79. The fourth-order valence-electron chi connectivity index (χ4n) is 5.06. The van der Waals surface area contributed by atoms with Crippen LogP contribution in [-0.2, 0) is 13.0 Å². The predicted molar refractivity (Wildman–Crippen MR) is 123 cm³/mol. The summed E-state index contributed by atoms with van der Waals surface area (Å²) >= 11 is 0. The number of aromatic nitrogens is 1. The summed E-state index contributed by atoms with van der Waals surface area (Å²) in [6.07, 6.45) is 7.87. The summed E-state index contributed by atoms with van der Waals surface area (Å²) in [5.74, 6) is 0. The van der Waals surface area contributed by atoms with E-state index < -0.39 is 0 Å². The summed E-state index contributed by atoms with van der Waals surface area (Å²) in [7, 11) is 0. The van der Waals surface area contributed by atoms with E-state index in [0.717, 1.165) is 58.7 Å². The summed E-state index contributed by atoms with van der Waals surface area (Å²) in [4.78, 5) is 10.1. The SMILES string of the molecule is NCCCCN(C[C@@H]1CN(Cc2ccccc2)CCN1)C1CCCc2cccnc21. The zero-order chi connectivity index (χ0) is 20.6. The molecule has 5 heteroatoms. The molecule has 1 fully saturated rings. The molecule has 2 heterocycles. The van der Waals surface area contributed by atoms with Gasteiger partial charge in [-0.2, -0.15) is 0 Å². The van der Waals surface area contributed by atoms with Crippen LogP contribution in [0.2, 0.25) is 0 Å². The second-order valence-electron chi connectivity index (χ2n) is 8.82. The number of hydrogen-bond donors (Lipinski definition) is 2. The van der Waals surface area contributed by atoms with Crippen molar-refractivity contribution in [2.45, 2.75) is 50.7 Å². The first-order chi connectivity index (χ1) is 14.8. The predicted octanol–water partition coefficient (Wildman–Crippen LogP) is 2.97. The molecule has 0 bridgehead atoms. The van der Waals surface area contributed by atoms with Gasteiger partial charge >= 0.3 is 0 Å². The first-order valence-electron chi connectivity index (χ1n) is 11.7. The molecule has 0 spiro atoms. The average Bonchev–Trinajstić information content (AvgIpc) is 2.79. The number of nitrogens with two attached hydrogens (primary N) is 1. The lowest BCUT2D eigenvalue weighted by molar-refractivity contribution is 0.116. The normalized spacial score (nSPS) is 22.2. The van der Waals surface area contributed by atoms with E-state index in [1.807, 2.05) is 6.20 Å². The zero-order valence-electron chi connectivity index (χ0n) is 18.2. The van der Waals surface area contributed by atoms with Crippen molar-refractivity contribution in [2.24, 2.45) is 5.73 Å². The topological polar surface area (TPSA) is 57.4 Å². The van der Waals surface area contributed by atoms with E-state index in [0.29, 0.717) is 12.1 Å². The van der Waals surface area contributed by atoms with Crippen LogP contribution < -0.4 is 11.1 Å². The van der Waals surface area contributed by atoms with Crippen molar-refractivity contribution < 1.29 is 0 Å². The van der Waals surface area contributed by atoms with Crippen molar-refractivity contribution in [3.63, 3.8) is 0 Å². The molecule has 2 aliphatic rings. The summed E-state index contributed by atoms with van der Waals surface area (Å²) in [6, 6.07) is 16.1. The van der Waals surface area contributed by atoms with Gasteiger partial charge in [-0.05, 0) is 62.4 Å². The van der Waals surface area contributed by atoms with Crippen molar-refractivity contribution in [2.75, 3.05) is 39.3 Å². The smallest absolute Gasteiger partial charge is 0.0607 e. The van der Waals surface area contributed by atoms with Crippen LogP contribution in [-0.4, -0.2) is 60.1 Å². The first-order valence-corrected chi connectivity index (χ1v) is 11.7. The van der Waals surface area contributed by atoms with Crippen molar-refractivity contribution in [1.29, 1.82) is 0 Å². The number of benzene rings is 1. The highest BCUT2D eigenvalue weighted by Crippen LogP contribution is 2.33. The number of nitrogens with one attached hydrogen (secondary N) is 1. The molecule has 0 saturated carbocycles. The summed E-state index contributed by atoms with van der Waals surface area (Å²) in [6.45, 7) is 7.29. The molecule has 0 radical (unpaired) electrons. The van der Waals surface area contributed by atoms with Gasteiger partial charge in [-0.3, -0.25) is 14.8 Å². The second kappa shape index (κ2) is 11.0. The minimum atomic E-state index is 0.444. The van der Waals surface area contributed by atoms with Crippen molar-refractivity contribution in [3.05, 3.63) is 65.5 Å². The zero-order valence-corrected chi connectivity index (χ0v) is 18.2. The number of aryl methyl sites for hydroxylation is 1. The van der Waals surface area contributed by atoms with Gasteiger partial charge in [-0.15, -0.1) is 0 Å². The number of nitrogens with zero attached hydrogens (tertiary/aromatic N) is 3. The lowest BCUT2D eigenvalue weighted by Gasteiger charge is -2.40. The molecule has 1 aromatic heterocycles. The average molecular weight is 408 g/mol. The molecular weight excluding hydrogens is 370 g/mol. The maximum Gasteiger partial charge on any atom is 0.0607 e. The molecule has 162 valence electrons. The van der Waals surface area contributed by atoms with Crippen molar-refractivity contribution in [1.82, 2.24) is 20.1 Å². The van der Waals surface area contributed by atoms with E-state index in [4.69, 9.17) is 10.7 Å². The van der Waals surface area contributed by atoms with Gasteiger partial charge in [0, 0.05) is 45.0 Å². The van der Waals surface area contributed by atoms with Gasteiger partial charge in [0.25, 0.3) is 0 Å². The number of hydrogen-bond acceptors (Lipinski definition) is 5. The Morgan fingerprint density at radius 1 is 1.13 bits per heavy atom. The van der Waals surface area contributed by atoms with Crippen LogP contribution in [0.1, 0.15) is 48.5 Å². The highest BCUT2D eigenvalue weighted by atomic mass is 15.2. The van der Waals surface area contributed by atoms with Crippen LogP contribution in [0.25, 0.3) is 0 Å². The number of rotatable bonds is 9.